The molecule has 2 unspecified atom stereocenters. The Morgan fingerprint density at radius 3 is 2.58 bits per heavy atom. The van der Waals surface area contributed by atoms with Crippen molar-refractivity contribution in [3.63, 3.8) is 0 Å². The van der Waals surface area contributed by atoms with Gasteiger partial charge in [-0.25, -0.2) is 0 Å². The summed E-state index contributed by atoms with van der Waals surface area (Å²) in [6.45, 7) is 3.81. The van der Waals surface area contributed by atoms with E-state index in [1.54, 1.807) is 13.0 Å². The number of benzene rings is 1. The first-order valence-electron chi connectivity index (χ1n) is 6.03. The lowest BCUT2D eigenvalue weighted by Gasteiger charge is -2.31. The molecule has 6 nitrogen and oxygen atoms in total. The molecular weight excluding hydrogens is 248 g/mol. The van der Waals surface area contributed by atoms with Crippen LogP contribution in [0.5, 0.6) is 5.75 Å². The van der Waals surface area contributed by atoms with Gasteiger partial charge in [-0.15, -0.1) is 0 Å². The van der Waals surface area contributed by atoms with Gasteiger partial charge in [0.15, 0.2) is 0 Å². The second-order valence-electron chi connectivity index (χ2n) is 5.01. The Hall–Kier alpha value is -1.66. The summed E-state index contributed by atoms with van der Waals surface area (Å²) in [5.41, 5.74) is 5.87. The zero-order valence-corrected chi connectivity index (χ0v) is 11.4. The average molecular weight is 268 g/mol. The first kappa shape index (κ1) is 15.4. The van der Waals surface area contributed by atoms with Crippen molar-refractivity contribution >= 4 is 5.69 Å². The second kappa shape index (κ2) is 5.99. The normalized spacial score (nSPS) is 15.6. The number of hydrogen-bond donors (Lipinski definition) is 2. The van der Waals surface area contributed by atoms with Crippen LogP contribution in [-0.2, 0) is 6.42 Å². The average Bonchev–Trinajstić information content (AvgIpc) is 2.37. The number of methoxy groups -OCH3 is 1. The number of ether oxygens (including phenoxy) is 1. The van der Waals surface area contributed by atoms with Gasteiger partial charge in [0.1, 0.15) is 5.75 Å². The van der Waals surface area contributed by atoms with Gasteiger partial charge in [-0.1, -0.05) is 6.92 Å². The highest BCUT2D eigenvalue weighted by atomic mass is 16.6. The quantitative estimate of drug-likeness (QED) is 0.601. The molecule has 6 heteroatoms. The summed E-state index contributed by atoms with van der Waals surface area (Å²) in [4.78, 5) is 10.4. The van der Waals surface area contributed by atoms with E-state index >= 15 is 0 Å². The van der Waals surface area contributed by atoms with Crippen LogP contribution in [-0.4, -0.2) is 29.8 Å². The molecular formula is C13H20N2O4. The maximum atomic E-state index is 10.9. The molecule has 0 aliphatic heterocycles. The molecule has 0 amide bonds. The molecule has 0 saturated carbocycles. The van der Waals surface area contributed by atoms with Crippen LogP contribution < -0.4 is 10.5 Å². The van der Waals surface area contributed by atoms with Crippen LogP contribution in [0.4, 0.5) is 5.69 Å². The Morgan fingerprint density at radius 2 is 2.16 bits per heavy atom. The number of non-ortho nitro benzene ring substituents is 1. The van der Waals surface area contributed by atoms with E-state index in [9.17, 15) is 15.2 Å². The van der Waals surface area contributed by atoms with E-state index in [1.807, 2.05) is 6.92 Å². The van der Waals surface area contributed by atoms with Crippen LogP contribution >= 0.6 is 0 Å². The highest BCUT2D eigenvalue weighted by molar-refractivity contribution is 5.43. The largest absolute Gasteiger partial charge is 0.496 e. The number of nitro benzene ring substituents is 1. The first-order valence-corrected chi connectivity index (χ1v) is 6.03. The van der Waals surface area contributed by atoms with E-state index in [0.29, 0.717) is 12.2 Å². The van der Waals surface area contributed by atoms with Crippen LogP contribution in [0.2, 0.25) is 0 Å². The van der Waals surface area contributed by atoms with Crippen molar-refractivity contribution in [1.82, 2.24) is 0 Å². The smallest absolute Gasteiger partial charge is 0.273 e. The Morgan fingerprint density at radius 1 is 1.53 bits per heavy atom. The minimum Gasteiger partial charge on any atom is -0.496 e. The highest BCUT2D eigenvalue weighted by Crippen LogP contribution is 2.30. The predicted molar refractivity (Wildman–Crippen MR) is 72.2 cm³/mol. The third-order valence-electron chi connectivity index (χ3n) is 3.48. The molecule has 2 atom stereocenters. The number of aliphatic hydroxyl groups excluding tert-OH is 1. The number of rotatable bonds is 6. The van der Waals surface area contributed by atoms with Crippen molar-refractivity contribution in [2.75, 3.05) is 13.7 Å². The fraction of sp³-hybridized carbons (Fsp3) is 0.538. The molecule has 19 heavy (non-hydrogen) atoms. The van der Waals surface area contributed by atoms with Gasteiger partial charge in [-0.2, -0.15) is 0 Å². The van der Waals surface area contributed by atoms with Gasteiger partial charge in [0.2, 0.25) is 0 Å². The summed E-state index contributed by atoms with van der Waals surface area (Å²) >= 11 is 0. The van der Waals surface area contributed by atoms with Crippen LogP contribution in [0, 0.1) is 15.5 Å². The third-order valence-corrected chi connectivity index (χ3v) is 3.48. The Balaban J connectivity index is 3.13. The molecule has 0 aromatic heterocycles. The fourth-order valence-corrected chi connectivity index (χ4v) is 1.83. The van der Waals surface area contributed by atoms with Crippen molar-refractivity contribution < 1.29 is 14.8 Å². The molecule has 0 bridgehead atoms. The fourth-order valence-electron chi connectivity index (χ4n) is 1.83. The van der Waals surface area contributed by atoms with E-state index in [4.69, 9.17) is 10.5 Å². The van der Waals surface area contributed by atoms with Gasteiger partial charge in [0.25, 0.3) is 5.69 Å². The lowest BCUT2D eigenvalue weighted by atomic mass is 9.79. The topological polar surface area (TPSA) is 98.6 Å². The summed E-state index contributed by atoms with van der Waals surface area (Å²) in [7, 11) is 1.46. The summed E-state index contributed by atoms with van der Waals surface area (Å²) in [6.07, 6.45) is -0.165. The molecule has 1 rings (SSSR count). The zero-order valence-electron chi connectivity index (χ0n) is 11.4. The van der Waals surface area contributed by atoms with Crippen LogP contribution in [0.25, 0.3) is 0 Å². The molecule has 0 radical (unpaired) electrons. The summed E-state index contributed by atoms with van der Waals surface area (Å²) in [5, 5.41) is 20.7. The van der Waals surface area contributed by atoms with Crippen molar-refractivity contribution in [2.24, 2.45) is 11.1 Å². The number of nitrogens with two attached hydrogens (primary N) is 1. The van der Waals surface area contributed by atoms with Crippen LogP contribution in [0.15, 0.2) is 18.2 Å². The van der Waals surface area contributed by atoms with Crippen LogP contribution in [0.1, 0.15) is 19.4 Å². The lowest BCUT2D eigenvalue weighted by molar-refractivity contribution is -0.385. The van der Waals surface area contributed by atoms with E-state index in [0.717, 1.165) is 5.56 Å². The van der Waals surface area contributed by atoms with Gasteiger partial charge in [-0.05, 0) is 25.0 Å². The highest BCUT2D eigenvalue weighted by Gasteiger charge is 2.29. The monoisotopic (exact) mass is 268 g/mol. The van der Waals surface area contributed by atoms with Crippen molar-refractivity contribution in [3.8, 4) is 5.75 Å². The Kier molecular flexibility index (Phi) is 4.85. The van der Waals surface area contributed by atoms with E-state index in [2.05, 4.69) is 0 Å². The second-order valence-corrected chi connectivity index (χ2v) is 5.01. The number of nitrogens with zero attached hydrogens (tertiary/aromatic N) is 1. The Labute approximate surface area is 112 Å². The maximum absolute atomic E-state index is 10.9. The van der Waals surface area contributed by atoms with Gasteiger partial charge < -0.3 is 15.6 Å². The Bertz CT molecular complexity index is 462. The molecule has 0 fully saturated rings. The SMILES string of the molecule is COc1cc(CC(C)(CN)C(C)O)cc([N+](=O)[O-])c1. The predicted octanol–water partition coefficient (Wildman–Crippen LogP) is 1.49. The molecule has 1 aromatic rings. The standard InChI is InChI=1S/C13H20N2O4/c1-9(16)13(2,8-14)7-10-4-11(15(17)18)6-12(5-10)19-3/h4-6,9,16H,7-8,14H2,1-3H3. The van der Waals surface area contributed by atoms with Gasteiger partial charge in [0.05, 0.1) is 24.2 Å². The van der Waals surface area contributed by atoms with Gasteiger partial charge >= 0.3 is 0 Å². The molecule has 106 valence electrons. The van der Waals surface area contributed by atoms with Crippen LogP contribution in [0.3, 0.4) is 0 Å². The summed E-state index contributed by atoms with van der Waals surface area (Å²) in [6, 6.07) is 4.58. The van der Waals surface area contributed by atoms with E-state index in [-0.39, 0.29) is 12.2 Å². The molecule has 0 heterocycles. The number of hydrogen-bond acceptors (Lipinski definition) is 5. The molecule has 0 saturated heterocycles. The maximum Gasteiger partial charge on any atom is 0.273 e. The third kappa shape index (κ3) is 3.65. The zero-order chi connectivity index (χ0) is 14.6. The van der Waals surface area contributed by atoms with Crippen molar-refractivity contribution in [2.45, 2.75) is 26.4 Å². The summed E-state index contributed by atoms with van der Waals surface area (Å²) < 4.78 is 5.06. The lowest BCUT2D eigenvalue weighted by Crippen LogP contribution is -2.39. The molecule has 0 aliphatic carbocycles. The van der Waals surface area contributed by atoms with Crippen molar-refractivity contribution in [3.05, 3.63) is 33.9 Å². The first-order chi connectivity index (χ1) is 8.82. The number of aliphatic hydroxyl groups is 1. The van der Waals surface area contributed by atoms with E-state index in [1.165, 1.54) is 19.2 Å². The van der Waals surface area contributed by atoms with Gasteiger partial charge in [0, 0.05) is 18.0 Å². The van der Waals surface area contributed by atoms with E-state index < -0.39 is 16.4 Å². The molecule has 0 aliphatic rings. The molecule has 1 aromatic carbocycles. The minimum absolute atomic E-state index is 0.0284. The minimum atomic E-state index is -0.609. The van der Waals surface area contributed by atoms with Gasteiger partial charge in [-0.3, -0.25) is 10.1 Å². The van der Waals surface area contributed by atoms with Crippen molar-refractivity contribution in [1.29, 1.82) is 0 Å². The molecule has 3 N–H and O–H groups in total. The number of nitro groups is 1. The summed E-state index contributed by atoms with van der Waals surface area (Å²) in [5.74, 6) is 0.425. The molecule has 0 spiro atoms.